The van der Waals surface area contributed by atoms with Gasteiger partial charge in [0, 0.05) is 6.07 Å². The van der Waals surface area contributed by atoms with Gasteiger partial charge in [0.1, 0.15) is 5.41 Å². The summed E-state index contributed by atoms with van der Waals surface area (Å²) in [5.41, 5.74) is -0.740. The molecule has 0 aromatic carbocycles. The molecular formula is C7H7NO3. The summed E-state index contributed by atoms with van der Waals surface area (Å²) in [7, 11) is 0. The maximum absolute atomic E-state index is 10.7. The molecule has 1 aromatic heterocycles. The van der Waals surface area contributed by atoms with Gasteiger partial charge in [0.15, 0.2) is 5.76 Å². The zero-order valence-corrected chi connectivity index (χ0v) is 5.78. The van der Waals surface area contributed by atoms with Crippen molar-refractivity contribution in [1.29, 1.82) is 0 Å². The normalized spacial score (nSPS) is 19.6. The average molecular weight is 153 g/mol. The van der Waals surface area contributed by atoms with E-state index < -0.39 is 11.4 Å². The van der Waals surface area contributed by atoms with Crippen LogP contribution in [0.5, 0.6) is 0 Å². The van der Waals surface area contributed by atoms with Gasteiger partial charge in [-0.2, -0.15) is 0 Å². The van der Waals surface area contributed by atoms with Crippen LogP contribution in [0.3, 0.4) is 0 Å². The van der Waals surface area contributed by atoms with Gasteiger partial charge >= 0.3 is 5.97 Å². The SMILES string of the molecule is O=C(O)C1(c2ccno2)CC1. The maximum atomic E-state index is 10.7. The van der Waals surface area contributed by atoms with E-state index in [1.807, 2.05) is 0 Å². The van der Waals surface area contributed by atoms with E-state index >= 15 is 0 Å². The third kappa shape index (κ3) is 0.753. The Kier molecular flexibility index (Phi) is 1.07. The van der Waals surface area contributed by atoms with Gasteiger partial charge in [0.05, 0.1) is 6.20 Å². The minimum Gasteiger partial charge on any atom is -0.480 e. The molecule has 1 aromatic rings. The highest BCUT2D eigenvalue weighted by Gasteiger charge is 2.54. The van der Waals surface area contributed by atoms with E-state index in [1.165, 1.54) is 6.20 Å². The number of carbonyl (C=O) groups is 1. The molecule has 0 saturated heterocycles. The summed E-state index contributed by atoms with van der Waals surface area (Å²) in [4.78, 5) is 10.7. The Hall–Kier alpha value is -1.32. The Labute approximate surface area is 62.8 Å². The summed E-state index contributed by atoms with van der Waals surface area (Å²) in [5, 5.41) is 12.3. The lowest BCUT2D eigenvalue weighted by Gasteiger charge is -2.01. The van der Waals surface area contributed by atoms with Crippen molar-refractivity contribution in [3.63, 3.8) is 0 Å². The van der Waals surface area contributed by atoms with Gasteiger partial charge in [0.25, 0.3) is 0 Å². The van der Waals surface area contributed by atoms with Gasteiger partial charge in [-0.25, -0.2) is 0 Å². The number of hydrogen-bond donors (Lipinski definition) is 1. The van der Waals surface area contributed by atoms with Crippen LogP contribution in [0, 0.1) is 0 Å². The number of hydrogen-bond acceptors (Lipinski definition) is 3. The molecule has 0 radical (unpaired) electrons. The molecule has 0 unspecified atom stereocenters. The van der Waals surface area contributed by atoms with Gasteiger partial charge in [-0.15, -0.1) is 0 Å². The first-order valence-corrected chi connectivity index (χ1v) is 3.40. The van der Waals surface area contributed by atoms with Crippen LogP contribution < -0.4 is 0 Å². The lowest BCUT2D eigenvalue weighted by molar-refractivity contribution is -0.140. The Morgan fingerprint density at radius 2 is 2.45 bits per heavy atom. The first-order valence-electron chi connectivity index (χ1n) is 3.40. The highest BCUT2D eigenvalue weighted by atomic mass is 16.5. The second-order valence-corrected chi connectivity index (χ2v) is 2.76. The third-order valence-corrected chi connectivity index (χ3v) is 2.07. The first-order chi connectivity index (χ1) is 5.26. The highest BCUT2D eigenvalue weighted by molar-refractivity contribution is 5.83. The van der Waals surface area contributed by atoms with Crippen molar-refractivity contribution in [1.82, 2.24) is 5.16 Å². The van der Waals surface area contributed by atoms with Crippen LogP contribution in [0.2, 0.25) is 0 Å². The fourth-order valence-corrected chi connectivity index (χ4v) is 1.15. The van der Waals surface area contributed by atoms with E-state index in [0.29, 0.717) is 18.6 Å². The zero-order valence-electron chi connectivity index (χ0n) is 5.78. The van der Waals surface area contributed by atoms with Crippen molar-refractivity contribution in [2.45, 2.75) is 18.3 Å². The van der Waals surface area contributed by atoms with Crippen LogP contribution in [0.25, 0.3) is 0 Å². The van der Waals surface area contributed by atoms with Gasteiger partial charge in [-0.3, -0.25) is 4.79 Å². The monoisotopic (exact) mass is 153 g/mol. The summed E-state index contributed by atoms with van der Waals surface area (Å²) >= 11 is 0. The summed E-state index contributed by atoms with van der Waals surface area (Å²) in [6, 6.07) is 1.61. The van der Waals surface area contributed by atoms with Crippen molar-refractivity contribution in [2.75, 3.05) is 0 Å². The summed E-state index contributed by atoms with van der Waals surface area (Å²) < 4.78 is 4.79. The quantitative estimate of drug-likeness (QED) is 0.682. The second kappa shape index (κ2) is 1.84. The topological polar surface area (TPSA) is 63.3 Å². The summed E-state index contributed by atoms with van der Waals surface area (Å²) in [5.74, 6) is -0.334. The summed E-state index contributed by atoms with van der Waals surface area (Å²) in [6.07, 6.45) is 2.80. The van der Waals surface area contributed by atoms with Crippen LogP contribution in [0.15, 0.2) is 16.8 Å². The van der Waals surface area contributed by atoms with Crippen molar-refractivity contribution < 1.29 is 14.4 Å². The van der Waals surface area contributed by atoms with Crippen molar-refractivity contribution in [2.24, 2.45) is 0 Å². The average Bonchev–Trinajstić information content (AvgIpc) is 2.61. The number of aliphatic carboxylic acids is 1. The molecule has 0 aliphatic heterocycles. The number of nitrogens with zero attached hydrogens (tertiary/aromatic N) is 1. The fraction of sp³-hybridized carbons (Fsp3) is 0.429. The Morgan fingerprint density at radius 3 is 2.82 bits per heavy atom. The highest BCUT2D eigenvalue weighted by Crippen LogP contribution is 2.48. The molecule has 1 fully saturated rings. The van der Waals surface area contributed by atoms with Gasteiger partial charge in [-0.1, -0.05) is 5.16 Å². The third-order valence-electron chi connectivity index (χ3n) is 2.07. The van der Waals surface area contributed by atoms with E-state index in [2.05, 4.69) is 5.16 Å². The van der Waals surface area contributed by atoms with Gasteiger partial charge < -0.3 is 9.63 Å². The Bertz CT molecular complexity index is 274. The lowest BCUT2D eigenvalue weighted by atomic mass is 10.1. The van der Waals surface area contributed by atoms with E-state index in [0.717, 1.165) is 0 Å². The van der Waals surface area contributed by atoms with E-state index in [9.17, 15) is 4.79 Å². The second-order valence-electron chi connectivity index (χ2n) is 2.76. The molecule has 0 atom stereocenters. The number of aromatic nitrogens is 1. The molecule has 11 heavy (non-hydrogen) atoms. The van der Waals surface area contributed by atoms with Crippen LogP contribution in [0.1, 0.15) is 18.6 Å². The molecule has 1 saturated carbocycles. The van der Waals surface area contributed by atoms with Gasteiger partial charge in [0.2, 0.25) is 0 Å². The molecule has 1 N–H and O–H groups in total. The Morgan fingerprint density at radius 1 is 1.73 bits per heavy atom. The molecule has 0 bridgehead atoms. The smallest absolute Gasteiger partial charge is 0.317 e. The van der Waals surface area contributed by atoms with Crippen LogP contribution in [-0.4, -0.2) is 16.2 Å². The molecule has 0 spiro atoms. The minimum atomic E-state index is -0.811. The lowest BCUT2D eigenvalue weighted by Crippen LogP contribution is -2.18. The van der Waals surface area contributed by atoms with Crippen molar-refractivity contribution >= 4 is 5.97 Å². The molecular weight excluding hydrogens is 146 g/mol. The van der Waals surface area contributed by atoms with Crippen molar-refractivity contribution in [3.05, 3.63) is 18.0 Å². The first kappa shape index (κ1) is 6.39. The number of carboxylic acids is 1. The van der Waals surface area contributed by atoms with E-state index in [4.69, 9.17) is 9.63 Å². The van der Waals surface area contributed by atoms with Crippen LogP contribution in [0.4, 0.5) is 0 Å². The van der Waals surface area contributed by atoms with Crippen molar-refractivity contribution in [3.8, 4) is 0 Å². The molecule has 4 heteroatoms. The largest absolute Gasteiger partial charge is 0.480 e. The molecule has 4 nitrogen and oxygen atoms in total. The maximum Gasteiger partial charge on any atom is 0.317 e. The molecule has 1 aliphatic carbocycles. The zero-order chi connectivity index (χ0) is 7.90. The summed E-state index contributed by atoms with van der Waals surface area (Å²) in [6.45, 7) is 0. The molecule has 1 aliphatic rings. The predicted octanol–water partition coefficient (Wildman–Crippen LogP) is 0.791. The van der Waals surface area contributed by atoms with E-state index in [-0.39, 0.29) is 0 Å². The molecule has 1 heterocycles. The minimum absolute atomic E-state index is 0.477. The predicted molar refractivity (Wildman–Crippen MR) is 35.1 cm³/mol. The Balaban J connectivity index is 2.36. The van der Waals surface area contributed by atoms with Crippen LogP contribution in [-0.2, 0) is 10.2 Å². The fourth-order valence-electron chi connectivity index (χ4n) is 1.15. The standard InChI is InChI=1S/C7H7NO3/c9-6(10)7(2-3-7)5-1-4-8-11-5/h1,4H,2-3H2,(H,9,10). The van der Waals surface area contributed by atoms with Crippen LogP contribution >= 0.6 is 0 Å². The number of carboxylic acid groups (broad SMARTS) is 1. The van der Waals surface area contributed by atoms with E-state index in [1.54, 1.807) is 6.07 Å². The molecule has 58 valence electrons. The number of rotatable bonds is 2. The molecule has 2 rings (SSSR count). The molecule has 0 amide bonds. The van der Waals surface area contributed by atoms with Gasteiger partial charge in [-0.05, 0) is 12.8 Å².